The highest BCUT2D eigenvalue weighted by molar-refractivity contribution is 6.32. The van der Waals surface area contributed by atoms with Crippen LogP contribution in [0, 0.1) is 30.6 Å². The van der Waals surface area contributed by atoms with Gasteiger partial charge < -0.3 is 53.4 Å². The number of carbonyl (C=O) groups is 6. The van der Waals surface area contributed by atoms with Gasteiger partial charge in [0.1, 0.15) is 34.8 Å². The second kappa shape index (κ2) is 18.5. The zero-order valence-electron chi connectivity index (χ0n) is 38.8. The van der Waals surface area contributed by atoms with Gasteiger partial charge in [0.2, 0.25) is 11.6 Å². The number of aromatic hydroxyl groups is 1. The first-order valence-electron chi connectivity index (χ1n) is 22.4. The maximum absolute atomic E-state index is 14.8. The standard InChI is InChI=1S/C48H61N3O14/c1-24-12-11-13-25(2)45(57)49-35-36(50-19-22-60-23-20-50)39(55)32-33(38(35)54)37(53)27(4)43-34(32)44(56)48(9,65-43)61-21-16-31(59-10)26(3)41(62-46(58)51-17-14-30(52)15-18-51)29(6)42-28(5)40(24)63-47(7,8)64-42/h11-13,16,21,24,26,28-29,31,40-42,53H,14-15,17-20,22-23H2,1-10H3,(H,49,57)/b12-11+,21-16+,25-13-/t24-,26+,28+,29-,31-,40-,41+,42+,48-/m0/s1. The third-order valence-electron chi connectivity index (χ3n) is 13.5. The number of piperidine rings is 1. The first-order valence-corrected chi connectivity index (χ1v) is 22.4. The number of rotatable bonds is 3. The minimum atomic E-state index is -2.08. The molecule has 0 saturated carbocycles. The number of nitrogens with one attached hydrogen (secondary N) is 1. The lowest BCUT2D eigenvalue weighted by Crippen LogP contribution is -2.57. The van der Waals surface area contributed by atoms with E-state index in [1.54, 1.807) is 30.1 Å². The second-order valence-electron chi connectivity index (χ2n) is 18.5. The first-order chi connectivity index (χ1) is 30.7. The van der Waals surface area contributed by atoms with Gasteiger partial charge in [-0.1, -0.05) is 45.9 Å². The molecule has 9 atom stereocenters. The van der Waals surface area contributed by atoms with E-state index < -0.39 is 88.5 Å². The first kappa shape index (κ1) is 47.6. The number of ketones is 4. The van der Waals surface area contributed by atoms with Crippen LogP contribution < -0.4 is 10.1 Å². The van der Waals surface area contributed by atoms with E-state index in [-0.39, 0.29) is 109 Å². The van der Waals surface area contributed by atoms with Crippen LogP contribution in [0.4, 0.5) is 4.79 Å². The number of nitrogens with zero attached hydrogens (tertiary/aromatic N) is 2. The highest BCUT2D eigenvalue weighted by atomic mass is 16.7. The summed E-state index contributed by atoms with van der Waals surface area (Å²) in [5.74, 6) is -8.35. The number of methoxy groups -OCH3 is 1. The predicted octanol–water partition coefficient (Wildman–Crippen LogP) is 5.33. The van der Waals surface area contributed by atoms with E-state index in [0.29, 0.717) is 0 Å². The number of fused-ring (bicyclic) bond motifs is 10. The van der Waals surface area contributed by atoms with E-state index in [1.165, 1.54) is 32.1 Å². The van der Waals surface area contributed by atoms with E-state index >= 15 is 0 Å². The Hall–Kier alpha value is -5.36. The minimum absolute atomic E-state index is 0.0137. The van der Waals surface area contributed by atoms with Gasteiger partial charge in [0.05, 0.1) is 54.5 Å². The van der Waals surface area contributed by atoms with Crippen molar-refractivity contribution in [1.29, 1.82) is 0 Å². The van der Waals surface area contributed by atoms with Crippen molar-refractivity contribution in [2.24, 2.45) is 23.7 Å². The van der Waals surface area contributed by atoms with Crippen molar-refractivity contribution >= 4 is 35.1 Å². The van der Waals surface area contributed by atoms with E-state index in [2.05, 4.69) is 5.32 Å². The summed E-state index contributed by atoms with van der Waals surface area (Å²) in [6.45, 7) is 17.2. The third-order valence-corrected chi connectivity index (χ3v) is 13.5. The predicted molar refractivity (Wildman–Crippen MR) is 233 cm³/mol. The number of phenols is 1. The Balaban J connectivity index is 1.34. The summed E-state index contributed by atoms with van der Waals surface area (Å²) in [6.07, 6.45) is 5.38. The van der Waals surface area contributed by atoms with Crippen LogP contribution in [0.5, 0.6) is 11.5 Å². The molecule has 2 amide bonds. The average Bonchev–Trinajstić information content (AvgIpc) is 3.54. The highest BCUT2D eigenvalue weighted by Gasteiger charge is 2.54. The number of phenolic OH excluding ortho intramolecular Hbond substituents is 1. The number of hydrogen-bond acceptors (Lipinski definition) is 15. The number of amides is 2. The SMILES string of the molecule is CO[C@H]1/C=C/O[C@@]2(C)Oc3c(C)c(O)c4c(c3C2=O)C(=O)C(N2CCOCC2)=C(NC(=O)/C(C)=C\C=C\[C@H](C)[C@@H]2OC(C)(C)O[C@@H]([C@@H](C)[C@H](OC(=O)N3CCC(=O)CC3)[C@@H]1C)[C@@H]2C)C4=O. The van der Waals surface area contributed by atoms with Crippen molar-refractivity contribution in [1.82, 2.24) is 15.1 Å². The summed E-state index contributed by atoms with van der Waals surface area (Å²) < 4.78 is 43.4. The summed E-state index contributed by atoms with van der Waals surface area (Å²) in [7, 11) is 1.49. The number of Topliss-reactive ketones (excluding diaryl/α,β-unsaturated/α-hetero) is 4. The number of ether oxygens (including phenoxy) is 7. The second-order valence-corrected chi connectivity index (χ2v) is 18.5. The Morgan fingerprint density at radius 1 is 0.846 bits per heavy atom. The molecule has 352 valence electrons. The fourth-order valence-corrected chi connectivity index (χ4v) is 9.79. The summed E-state index contributed by atoms with van der Waals surface area (Å²) in [5, 5.41) is 14.3. The minimum Gasteiger partial charge on any atom is -0.507 e. The molecule has 1 aromatic rings. The fraction of sp³-hybridized carbons (Fsp3) is 0.583. The number of allylic oxidation sites excluding steroid dienone is 4. The summed E-state index contributed by atoms with van der Waals surface area (Å²) in [4.78, 5) is 87.1. The van der Waals surface area contributed by atoms with Gasteiger partial charge in [-0.3, -0.25) is 24.0 Å². The molecule has 8 rings (SSSR count). The van der Waals surface area contributed by atoms with Gasteiger partial charge in [0.15, 0.2) is 5.79 Å². The van der Waals surface area contributed by atoms with Crippen LogP contribution in [-0.2, 0) is 38.0 Å². The number of benzene rings is 1. The van der Waals surface area contributed by atoms with Crippen LogP contribution in [0.2, 0.25) is 0 Å². The molecule has 3 fully saturated rings. The van der Waals surface area contributed by atoms with Crippen molar-refractivity contribution in [3.63, 3.8) is 0 Å². The van der Waals surface area contributed by atoms with Crippen LogP contribution in [0.15, 0.2) is 47.5 Å². The molecule has 0 spiro atoms. The average molecular weight is 904 g/mol. The quantitative estimate of drug-likeness (QED) is 0.394. The van der Waals surface area contributed by atoms with Crippen LogP contribution in [0.25, 0.3) is 0 Å². The van der Waals surface area contributed by atoms with Crippen molar-refractivity contribution in [2.45, 2.75) is 111 Å². The Bertz CT molecular complexity index is 2260. The van der Waals surface area contributed by atoms with Crippen molar-refractivity contribution < 1.29 is 67.0 Å². The molecule has 7 bridgehead atoms. The van der Waals surface area contributed by atoms with Gasteiger partial charge in [-0.2, -0.15) is 0 Å². The molecule has 0 radical (unpaired) electrons. The molecule has 0 aromatic heterocycles. The lowest BCUT2D eigenvalue weighted by Gasteiger charge is -2.50. The van der Waals surface area contributed by atoms with Gasteiger partial charge in [-0.25, -0.2) is 4.79 Å². The molecule has 65 heavy (non-hydrogen) atoms. The lowest BCUT2D eigenvalue weighted by atomic mass is 9.77. The molecule has 3 saturated heterocycles. The van der Waals surface area contributed by atoms with Crippen molar-refractivity contribution in [3.05, 3.63) is 69.8 Å². The molecule has 1 aromatic carbocycles. The number of hydrogen-bond donors (Lipinski definition) is 2. The van der Waals surface area contributed by atoms with E-state index in [1.807, 2.05) is 47.6 Å². The summed E-state index contributed by atoms with van der Waals surface area (Å²) in [6, 6.07) is 0. The molecule has 2 N–H and O–H groups in total. The van der Waals surface area contributed by atoms with Crippen LogP contribution in [0.3, 0.4) is 0 Å². The van der Waals surface area contributed by atoms with Crippen LogP contribution >= 0.6 is 0 Å². The van der Waals surface area contributed by atoms with Crippen molar-refractivity contribution in [3.8, 4) is 11.5 Å². The highest BCUT2D eigenvalue weighted by Crippen LogP contribution is 2.49. The molecule has 6 aliphatic heterocycles. The Kier molecular flexibility index (Phi) is 13.5. The Morgan fingerprint density at radius 2 is 1.51 bits per heavy atom. The van der Waals surface area contributed by atoms with Gasteiger partial charge in [0.25, 0.3) is 11.7 Å². The van der Waals surface area contributed by atoms with E-state index in [0.717, 1.165) is 0 Å². The maximum Gasteiger partial charge on any atom is 0.410 e. The molecule has 17 nitrogen and oxygen atoms in total. The molecular formula is C48H61N3O14. The molecule has 0 unspecified atom stereocenters. The lowest BCUT2D eigenvalue weighted by molar-refractivity contribution is -0.336. The number of morpholine rings is 1. The van der Waals surface area contributed by atoms with E-state index in [4.69, 9.17) is 33.2 Å². The normalized spacial score (nSPS) is 34.0. The largest absolute Gasteiger partial charge is 0.507 e. The van der Waals surface area contributed by atoms with Crippen LogP contribution in [-0.4, -0.2) is 133 Å². The van der Waals surface area contributed by atoms with Gasteiger partial charge >= 0.3 is 11.9 Å². The van der Waals surface area contributed by atoms with Gasteiger partial charge in [-0.05, 0) is 33.8 Å². The topological polar surface area (TPSA) is 206 Å². The van der Waals surface area contributed by atoms with Gasteiger partial charge in [-0.15, -0.1) is 0 Å². The summed E-state index contributed by atoms with van der Waals surface area (Å²) in [5.41, 5.74) is -1.30. The zero-order chi connectivity index (χ0) is 47.3. The van der Waals surface area contributed by atoms with E-state index in [9.17, 15) is 33.9 Å². The van der Waals surface area contributed by atoms with Crippen molar-refractivity contribution in [2.75, 3.05) is 46.5 Å². The Morgan fingerprint density at radius 3 is 2.17 bits per heavy atom. The monoisotopic (exact) mass is 903 g/mol. The molecule has 1 aliphatic carbocycles. The van der Waals surface area contributed by atoms with Gasteiger partial charge in [0, 0.05) is 87.9 Å². The molecule has 7 aliphatic rings. The number of likely N-dealkylation sites (tertiary alicyclic amines) is 1. The summed E-state index contributed by atoms with van der Waals surface area (Å²) >= 11 is 0. The maximum atomic E-state index is 14.8. The number of carbonyl (C=O) groups excluding carboxylic acids is 6. The molecule has 17 heteroatoms. The molecule has 6 heterocycles. The third kappa shape index (κ3) is 8.99. The zero-order valence-corrected chi connectivity index (χ0v) is 38.8. The smallest absolute Gasteiger partial charge is 0.410 e. The van der Waals surface area contributed by atoms with Crippen LogP contribution in [0.1, 0.15) is 105 Å². The fourth-order valence-electron chi connectivity index (χ4n) is 9.79. The molecular weight excluding hydrogens is 843 g/mol. The Labute approximate surface area is 379 Å².